The lowest BCUT2D eigenvalue weighted by molar-refractivity contribution is 0.107. The summed E-state index contributed by atoms with van der Waals surface area (Å²) >= 11 is 5.29. The minimum Gasteiger partial charge on any atom is -0.497 e. The van der Waals surface area contributed by atoms with Crippen molar-refractivity contribution in [3.8, 4) is 5.75 Å². The zero-order valence-electron chi connectivity index (χ0n) is 6.87. The van der Waals surface area contributed by atoms with Gasteiger partial charge in [0.1, 0.15) is 5.75 Å². The summed E-state index contributed by atoms with van der Waals surface area (Å²) in [4.78, 5) is 14.0. The number of nitrogens with zero attached hydrogens (tertiary/aromatic N) is 1. The highest BCUT2D eigenvalue weighted by Crippen LogP contribution is 2.25. The van der Waals surface area contributed by atoms with Crippen molar-refractivity contribution in [2.45, 2.75) is 0 Å². The predicted octanol–water partition coefficient (Wildman–Crippen LogP) is 2.62. The first-order valence-corrected chi connectivity index (χ1v) is 3.82. The second-order valence-electron chi connectivity index (χ2n) is 2.27. The molecule has 0 aliphatic rings. The molecule has 3 nitrogen and oxygen atoms in total. The van der Waals surface area contributed by atoms with Gasteiger partial charge >= 0.3 is 0 Å². The van der Waals surface area contributed by atoms with Crippen molar-refractivity contribution in [3.63, 3.8) is 0 Å². The monoisotopic (exact) mass is 195 g/mol. The second kappa shape index (κ2) is 3.92. The maximum atomic E-state index is 10.8. The van der Waals surface area contributed by atoms with E-state index in [0.29, 0.717) is 11.4 Å². The Bertz CT molecular complexity index is 382. The first-order valence-electron chi connectivity index (χ1n) is 3.44. The number of benzene rings is 1. The van der Waals surface area contributed by atoms with Crippen molar-refractivity contribution >= 4 is 22.5 Å². The maximum Gasteiger partial charge on any atom is 0.256 e. The van der Waals surface area contributed by atoms with E-state index < -0.39 is 5.24 Å². The number of hydrogen-bond acceptors (Lipinski definition) is 2. The van der Waals surface area contributed by atoms with Gasteiger partial charge < -0.3 is 4.74 Å². The van der Waals surface area contributed by atoms with Gasteiger partial charge in [-0.3, -0.25) is 4.79 Å². The van der Waals surface area contributed by atoms with Gasteiger partial charge in [0.05, 0.1) is 19.2 Å². The van der Waals surface area contributed by atoms with Crippen molar-refractivity contribution in [1.29, 1.82) is 0 Å². The molecule has 0 radical (unpaired) electrons. The molecule has 0 spiro atoms. The van der Waals surface area contributed by atoms with Crippen LogP contribution in [0.25, 0.3) is 4.85 Å². The van der Waals surface area contributed by atoms with E-state index in [1.165, 1.54) is 25.3 Å². The molecule has 13 heavy (non-hydrogen) atoms. The van der Waals surface area contributed by atoms with Crippen molar-refractivity contribution in [2.24, 2.45) is 0 Å². The molecule has 0 atom stereocenters. The Kier molecular flexibility index (Phi) is 2.88. The van der Waals surface area contributed by atoms with E-state index in [4.69, 9.17) is 22.9 Å². The van der Waals surface area contributed by atoms with Crippen molar-refractivity contribution in [1.82, 2.24) is 0 Å². The van der Waals surface area contributed by atoms with Gasteiger partial charge in [-0.25, -0.2) is 4.85 Å². The highest BCUT2D eigenvalue weighted by atomic mass is 35.5. The summed E-state index contributed by atoms with van der Waals surface area (Å²) in [6, 6.07) is 4.47. The fourth-order valence-electron chi connectivity index (χ4n) is 0.912. The molecule has 1 aromatic rings. The van der Waals surface area contributed by atoms with Crippen LogP contribution in [-0.4, -0.2) is 12.4 Å². The van der Waals surface area contributed by atoms with Crippen LogP contribution in [0.4, 0.5) is 5.69 Å². The smallest absolute Gasteiger partial charge is 0.256 e. The summed E-state index contributed by atoms with van der Waals surface area (Å²) in [5.74, 6) is 0.327. The number of halogens is 1. The molecule has 0 heterocycles. The number of carbonyl (C=O) groups excluding carboxylic acids is 1. The Labute approximate surface area is 80.7 Å². The maximum absolute atomic E-state index is 10.8. The summed E-state index contributed by atoms with van der Waals surface area (Å²) in [5, 5.41) is -0.589. The Morgan fingerprint density at radius 3 is 2.77 bits per heavy atom. The lowest BCUT2D eigenvalue weighted by Gasteiger charge is -2.04. The lowest BCUT2D eigenvalue weighted by Crippen LogP contribution is -1.94. The van der Waals surface area contributed by atoms with E-state index in [-0.39, 0.29) is 5.56 Å². The minimum absolute atomic E-state index is 0.275. The largest absolute Gasteiger partial charge is 0.497 e. The van der Waals surface area contributed by atoms with Crippen LogP contribution in [0.2, 0.25) is 0 Å². The zero-order chi connectivity index (χ0) is 9.84. The van der Waals surface area contributed by atoms with E-state index >= 15 is 0 Å². The normalized spacial score (nSPS) is 9.00. The highest BCUT2D eigenvalue weighted by molar-refractivity contribution is 6.68. The molecule has 0 aliphatic heterocycles. The van der Waals surface area contributed by atoms with Crippen LogP contribution in [0.5, 0.6) is 5.75 Å². The molecule has 4 heteroatoms. The van der Waals surface area contributed by atoms with Crippen molar-refractivity contribution in [2.75, 3.05) is 7.11 Å². The van der Waals surface area contributed by atoms with Gasteiger partial charge in [-0.2, -0.15) is 0 Å². The van der Waals surface area contributed by atoms with Crippen molar-refractivity contribution < 1.29 is 9.53 Å². The summed E-state index contributed by atoms with van der Waals surface area (Å²) in [6.45, 7) is 6.74. The van der Waals surface area contributed by atoms with E-state index in [0.717, 1.165) is 0 Å². The molecule has 0 aromatic heterocycles. The van der Waals surface area contributed by atoms with E-state index in [9.17, 15) is 4.79 Å². The van der Waals surface area contributed by atoms with Crippen LogP contribution in [0, 0.1) is 6.57 Å². The van der Waals surface area contributed by atoms with Crippen LogP contribution in [0.15, 0.2) is 18.2 Å². The van der Waals surface area contributed by atoms with E-state index in [1.54, 1.807) is 0 Å². The molecule has 1 rings (SSSR count). The van der Waals surface area contributed by atoms with Gasteiger partial charge in [-0.15, -0.1) is 0 Å². The van der Waals surface area contributed by atoms with E-state index in [1.807, 2.05) is 0 Å². The molecule has 1 aromatic carbocycles. The third kappa shape index (κ3) is 1.98. The van der Waals surface area contributed by atoms with Gasteiger partial charge in [0, 0.05) is 0 Å². The van der Waals surface area contributed by atoms with Gasteiger partial charge in [-0.05, 0) is 17.7 Å². The summed E-state index contributed by atoms with van der Waals surface area (Å²) < 4.78 is 4.90. The standard InChI is InChI=1S/C9H6ClNO2/c1-11-6-3-4-7(9(10)12)8(5-6)13-2/h3-5H,2H3. The van der Waals surface area contributed by atoms with Crippen LogP contribution in [0.3, 0.4) is 0 Å². The van der Waals surface area contributed by atoms with Crippen molar-refractivity contribution in [3.05, 3.63) is 35.2 Å². The molecule has 0 fully saturated rings. The van der Waals surface area contributed by atoms with Gasteiger partial charge in [0.2, 0.25) is 0 Å². The first-order chi connectivity index (χ1) is 6.19. The van der Waals surface area contributed by atoms with Crippen LogP contribution < -0.4 is 4.74 Å². The Morgan fingerprint density at radius 1 is 1.62 bits per heavy atom. The zero-order valence-corrected chi connectivity index (χ0v) is 7.63. The molecule has 0 N–H and O–H groups in total. The molecule has 0 aliphatic carbocycles. The molecule has 0 unspecified atom stereocenters. The number of carbonyl (C=O) groups is 1. The fraction of sp³-hybridized carbons (Fsp3) is 0.111. The molecule has 66 valence electrons. The van der Waals surface area contributed by atoms with Crippen LogP contribution in [0.1, 0.15) is 10.4 Å². The molecular weight excluding hydrogens is 190 g/mol. The molecular formula is C9H6ClNO2. The van der Waals surface area contributed by atoms with E-state index in [2.05, 4.69) is 4.85 Å². The van der Waals surface area contributed by atoms with Gasteiger partial charge in [0.25, 0.3) is 5.24 Å². The molecule has 0 saturated carbocycles. The molecule has 0 amide bonds. The average Bonchev–Trinajstić information content (AvgIpc) is 2.16. The predicted molar refractivity (Wildman–Crippen MR) is 49.4 cm³/mol. The lowest BCUT2D eigenvalue weighted by atomic mass is 10.2. The van der Waals surface area contributed by atoms with Crippen LogP contribution >= 0.6 is 11.6 Å². The number of rotatable bonds is 2. The minimum atomic E-state index is -0.589. The summed E-state index contributed by atoms with van der Waals surface area (Å²) in [7, 11) is 1.42. The van der Waals surface area contributed by atoms with Gasteiger partial charge in [-0.1, -0.05) is 12.1 Å². The Hall–Kier alpha value is -1.53. The number of ether oxygens (including phenoxy) is 1. The fourth-order valence-corrected chi connectivity index (χ4v) is 1.07. The Morgan fingerprint density at radius 2 is 2.31 bits per heavy atom. The average molecular weight is 196 g/mol. The highest BCUT2D eigenvalue weighted by Gasteiger charge is 2.09. The third-order valence-electron chi connectivity index (χ3n) is 1.53. The SMILES string of the molecule is [C-]#[N+]c1ccc(C(=O)Cl)c(OC)c1. The quantitative estimate of drug-likeness (QED) is 0.537. The first kappa shape index (κ1) is 9.56. The number of hydrogen-bond donors (Lipinski definition) is 0. The van der Waals surface area contributed by atoms with Crippen LogP contribution in [-0.2, 0) is 0 Å². The molecule has 0 bridgehead atoms. The Balaban J connectivity index is 3.25. The topological polar surface area (TPSA) is 30.7 Å². The third-order valence-corrected chi connectivity index (χ3v) is 1.73. The number of methoxy groups -OCH3 is 1. The van der Waals surface area contributed by atoms with Gasteiger partial charge in [0.15, 0.2) is 5.69 Å². The second-order valence-corrected chi connectivity index (χ2v) is 2.61. The molecule has 0 saturated heterocycles. The summed E-state index contributed by atoms with van der Waals surface area (Å²) in [6.07, 6.45) is 0. The summed E-state index contributed by atoms with van der Waals surface area (Å²) in [5.41, 5.74) is 0.690.